The number of carbonyl (C=O) groups excluding carboxylic acids is 1. The van der Waals surface area contributed by atoms with Crippen LogP contribution in [0.5, 0.6) is 0 Å². The molecule has 0 radical (unpaired) electrons. The van der Waals surface area contributed by atoms with E-state index in [1.54, 1.807) is 13.0 Å². The molecule has 3 aromatic carbocycles. The Bertz CT molecular complexity index is 1050. The molecule has 0 amide bonds. The molecule has 0 atom stereocenters. The molecule has 1 N–H and O–H groups in total. The van der Waals surface area contributed by atoms with Crippen LogP contribution in [0.2, 0.25) is 0 Å². The van der Waals surface area contributed by atoms with Crippen molar-refractivity contribution in [2.45, 2.75) is 27.1 Å². The number of halogens is 1. The van der Waals surface area contributed by atoms with Crippen LogP contribution >= 0.6 is 0 Å². The Morgan fingerprint density at radius 1 is 1.00 bits per heavy atom. The van der Waals surface area contributed by atoms with E-state index in [1.807, 2.05) is 55.5 Å². The molecule has 0 unspecified atom stereocenters. The van der Waals surface area contributed by atoms with Crippen molar-refractivity contribution in [3.63, 3.8) is 0 Å². The highest BCUT2D eigenvalue weighted by Gasteiger charge is 2.14. The second-order valence-electron chi connectivity index (χ2n) is 7.07. The van der Waals surface area contributed by atoms with Crippen molar-refractivity contribution in [3.8, 4) is 22.3 Å². The zero-order valence-corrected chi connectivity index (χ0v) is 16.5. The van der Waals surface area contributed by atoms with Crippen LogP contribution in [0, 0.1) is 12.7 Å². The summed E-state index contributed by atoms with van der Waals surface area (Å²) in [7, 11) is 0. The van der Waals surface area contributed by atoms with Crippen molar-refractivity contribution in [1.29, 1.82) is 0 Å². The van der Waals surface area contributed by atoms with Crippen molar-refractivity contribution in [1.82, 2.24) is 0 Å². The van der Waals surface area contributed by atoms with Gasteiger partial charge in [0.05, 0.1) is 6.61 Å². The Hall–Kier alpha value is -3.24. The van der Waals surface area contributed by atoms with Crippen LogP contribution in [0.3, 0.4) is 0 Å². The number of carbonyl (C=O) groups is 1. The molecular formula is C25H23FO3. The van der Waals surface area contributed by atoms with Crippen LogP contribution in [0.4, 0.5) is 4.39 Å². The molecule has 0 aromatic heterocycles. The fourth-order valence-electron chi connectivity index (χ4n) is 3.06. The summed E-state index contributed by atoms with van der Waals surface area (Å²) in [6, 6.07) is 18.2. The van der Waals surface area contributed by atoms with Gasteiger partial charge in [0.1, 0.15) is 12.4 Å². The average Bonchev–Trinajstić information content (AvgIpc) is 2.72. The molecule has 4 heteroatoms. The molecule has 148 valence electrons. The van der Waals surface area contributed by atoms with Crippen LogP contribution in [0.25, 0.3) is 22.3 Å². The highest BCUT2D eigenvalue weighted by Crippen LogP contribution is 2.32. The molecule has 0 spiro atoms. The Morgan fingerprint density at radius 2 is 1.66 bits per heavy atom. The topological polar surface area (TPSA) is 46.5 Å². The summed E-state index contributed by atoms with van der Waals surface area (Å²) in [6.07, 6.45) is 0. The third-order valence-electron chi connectivity index (χ3n) is 4.70. The maximum Gasteiger partial charge on any atom is 0.333 e. The van der Waals surface area contributed by atoms with Crippen molar-refractivity contribution >= 4 is 5.97 Å². The lowest BCUT2D eigenvalue weighted by Gasteiger charge is -2.14. The van der Waals surface area contributed by atoms with Gasteiger partial charge in [0.25, 0.3) is 0 Å². The predicted octanol–water partition coefficient (Wildman–Crippen LogP) is 5.58. The van der Waals surface area contributed by atoms with Gasteiger partial charge in [-0.3, -0.25) is 0 Å². The van der Waals surface area contributed by atoms with Crippen LogP contribution in [-0.4, -0.2) is 11.1 Å². The number of esters is 1. The van der Waals surface area contributed by atoms with E-state index in [-0.39, 0.29) is 19.0 Å². The second-order valence-corrected chi connectivity index (χ2v) is 7.07. The van der Waals surface area contributed by atoms with E-state index < -0.39 is 5.97 Å². The van der Waals surface area contributed by atoms with Gasteiger partial charge >= 0.3 is 5.97 Å². The van der Waals surface area contributed by atoms with Crippen LogP contribution in [0.1, 0.15) is 23.6 Å². The molecule has 0 saturated heterocycles. The molecule has 0 heterocycles. The van der Waals surface area contributed by atoms with Crippen LogP contribution in [-0.2, 0) is 22.7 Å². The van der Waals surface area contributed by atoms with Gasteiger partial charge < -0.3 is 9.84 Å². The van der Waals surface area contributed by atoms with E-state index in [4.69, 9.17) is 4.74 Å². The molecule has 0 aliphatic rings. The molecule has 29 heavy (non-hydrogen) atoms. The van der Waals surface area contributed by atoms with Gasteiger partial charge in [-0.05, 0) is 59.4 Å². The second kappa shape index (κ2) is 8.84. The lowest BCUT2D eigenvalue weighted by atomic mass is 9.94. The zero-order chi connectivity index (χ0) is 21.0. The zero-order valence-electron chi connectivity index (χ0n) is 16.5. The Kier molecular flexibility index (Phi) is 6.25. The largest absolute Gasteiger partial charge is 0.457 e. The van der Waals surface area contributed by atoms with Gasteiger partial charge in [-0.2, -0.15) is 0 Å². The number of aryl methyl sites for hydroxylation is 1. The normalized spacial score (nSPS) is 10.6. The average molecular weight is 390 g/mol. The Labute approximate surface area is 170 Å². The quantitative estimate of drug-likeness (QED) is 0.441. The molecule has 3 nitrogen and oxygen atoms in total. The van der Waals surface area contributed by atoms with Crippen molar-refractivity contribution in [3.05, 3.63) is 95.3 Å². The number of hydrogen-bond donors (Lipinski definition) is 1. The molecule has 0 saturated carbocycles. The molecule has 0 aliphatic heterocycles. The highest BCUT2D eigenvalue weighted by atomic mass is 19.1. The van der Waals surface area contributed by atoms with Gasteiger partial charge in [0.2, 0.25) is 0 Å². The van der Waals surface area contributed by atoms with Gasteiger partial charge in [0.15, 0.2) is 0 Å². The van der Waals surface area contributed by atoms with Crippen molar-refractivity contribution < 1.29 is 19.0 Å². The standard InChI is InChI=1S/C25H23FO3/c1-16(2)25(28)29-15-21-13-20(19-7-5-18(14-27)6-8-19)9-11-22(21)23-10-4-17(3)12-24(23)26/h4-13,27H,1,14-15H2,2-3H3. The first-order valence-corrected chi connectivity index (χ1v) is 9.31. The lowest BCUT2D eigenvalue weighted by molar-refractivity contribution is -0.140. The van der Waals surface area contributed by atoms with Crippen molar-refractivity contribution in [2.75, 3.05) is 0 Å². The Morgan fingerprint density at radius 3 is 2.28 bits per heavy atom. The highest BCUT2D eigenvalue weighted by molar-refractivity contribution is 5.87. The number of benzene rings is 3. The van der Waals surface area contributed by atoms with E-state index in [1.165, 1.54) is 6.07 Å². The minimum Gasteiger partial charge on any atom is -0.457 e. The van der Waals surface area contributed by atoms with Gasteiger partial charge in [-0.1, -0.05) is 55.1 Å². The minimum absolute atomic E-state index is 0.0108. The number of hydrogen-bond acceptors (Lipinski definition) is 3. The van der Waals surface area contributed by atoms with E-state index in [2.05, 4.69) is 6.58 Å². The molecule has 0 aliphatic carbocycles. The molecule has 0 fully saturated rings. The number of aliphatic hydroxyl groups is 1. The summed E-state index contributed by atoms with van der Waals surface area (Å²) < 4.78 is 20.0. The number of rotatable bonds is 6. The maximum atomic E-state index is 14.6. The lowest BCUT2D eigenvalue weighted by Crippen LogP contribution is -2.06. The van der Waals surface area contributed by atoms with Crippen molar-refractivity contribution in [2.24, 2.45) is 0 Å². The third kappa shape index (κ3) is 4.79. The van der Waals surface area contributed by atoms with Gasteiger partial charge in [-0.15, -0.1) is 0 Å². The van der Waals surface area contributed by atoms with E-state index >= 15 is 0 Å². The Balaban J connectivity index is 2.04. The summed E-state index contributed by atoms with van der Waals surface area (Å²) in [4.78, 5) is 11.9. The van der Waals surface area contributed by atoms with E-state index in [0.29, 0.717) is 22.3 Å². The first-order valence-electron chi connectivity index (χ1n) is 9.31. The molecule has 0 bridgehead atoms. The number of ether oxygens (including phenoxy) is 1. The minimum atomic E-state index is -0.488. The smallest absolute Gasteiger partial charge is 0.333 e. The molecule has 3 rings (SSSR count). The SMILES string of the molecule is C=C(C)C(=O)OCc1cc(-c2ccc(CO)cc2)ccc1-c1ccc(C)cc1F. The molecular weight excluding hydrogens is 367 g/mol. The first kappa shape index (κ1) is 20.5. The summed E-state index contributed by atoms with van der Waals surface area (Å²) in [5.41, 5.74) is 5.66. The third-order valence-corrected chi connectivity index (χ3v) is 4.70. The maximum absolute atomic E-state index is 14.6. The summed E-state index contributed by atoms with van der Waals surface area (Å²) >= 11 is 0. The van der Waals surface area contributed by atoms with Crippen LogP contribution < -0.4 is 0 Å². The van der Waals surface area contributed by atoms with Gasteiger partial charge in [-0.25, -0.2) is 9.18 Å². The predicted molar refractivity (Wildman–Crippen MR) is 113 cm³/mol. The molecule has 3 aromatic rings. The van der Waals surface area contributed by atoms with Crippen LogP contribution in [0.15, 0.2) is 72.8 Å². The summed E-state index contributed by atoms with van der Waals surface area (Å²) in [5.74, 6) is -0.810. The summed E-state index contributed by atoms with van der Waals surface area (Å²) in [6.45, 7) is 7.01. The fourth-order valence-corrected chi connectivity index (χ4v) is 3.06. The van der Waals surface area contributed by atoms with E-state index in [9.17, 15) is 14.3 Å². The first-order chi connectivity index (χ1) is 13.9. The van der Waals surface area contributed by atoms with Gasteiger partial charge in [0, 0.05) is 11.1 Å². The number of aliphatic hydroxyl groups excluding tert-OH is 1. The monoisotopic (exact) mass is 390 g/mol. The fraction of sp³-hybridized carbons (Fsp3) is 0.160. The summed E-state index contributed by atoms with van der Waals surface area (Å²) in [5, 5.41) is 9.23. The van der Waals surface area contributed by atoms with E-state index in [0.717, 1.165) is 22.3 Å².